The number of hydrogen-bond donors (Lipinski definition) is 1. The molecule has 0 saturated heterocycles. The number of benzene rings is 3. The fourth-order valence-corrected chi connectivity index (χ4v) is 4.15. The largest absolute Gasteiger partial charge is 0.423 e. The van der Waals surface area contributed by atoms with E-state index in [1.807, 2.05) is 48.5 Å². The highest BCUT2D eigenvalue weighted by atomic mass is 19.1. The summed E-state index contributed by atoms with van der Waals surface area (Å²) in [4.78, 5) is 6.90. The molecular weight excluding hydrogens is 431 g/mol. The van der Waals surface area contributed by atoms with Crippen molar-refractivity contribution in [2.24, 2.45) is 0 Å². The predicted molar refractivity (Wildman–Crippen MR) is 130 cm³/mol. The number of H-pyrrole nitrogens is 1. The smallest absolute Gasteiger partial charge is 0.298 e. The molecule has 2 aromatic heterocycles. The van der Waals surface area contributed by atoms with Gasteiger partial charge in [0.15, 0.2) is 5.58 Å². The number of hydrogen-bond acceptors (Lipinski definition) is 6. The zero-order valence-electron chi connectivity index (χ0n) is 19.1. The van der Waals surface area contributed by atoms with Gasteiger partial charge in [-0.05, 0) is 47.9 Å². The number of unbranched alkanes of at least 4 members (excludes halogenated alkanes) is 1. The van der Waals surface area contributed by atoms with E-state index in [1.165, 1.54) is 6.07 Å². The van der Waals surface area contributed by atoms with E-state index in [0.717, 1.165) is 41.6 Å². The fraction of sp³-hybridized carbons (Fsp3) is 0.231. The molecule has 0 saturated carbocycles. The molecule has 8 heteroatoms. The summed E-state index contributed by atoms with van der Waals surface area (Å²) in [5.74, 6) is 0.0211. The molecule has 0 aliphatic heterocycles. The number of anilines is 1. The Bertz CT molecular complexity index is 1350. The topological polar surface area (TPSA) is 83.7 Å². The van der Waals surface area contributed by atoms with E-state index in [4.69, 9.17) is 9.40 Å². The molecular formula is C26H25FN6O. The van der Waals surface area contributed by atoms with Crippen molar-refractivity contribution in [2.75, 3.05) is 11.4 Å². The quantitative estimate of drug-likeness (QED) is 0.300. The molecule has 1 atom stereocenters. The number of nitrogens with zero attached hydrogens (tertiary/aromatic N) is 5. The number of oxazole rings is 1. The number of rotatable bonds is 8. The van der Waals surface area contributed by atoms with Crippen molar-refractivity contribution in [1.82, 2.24) is 25.6 Å². The van der Waals surface area contributed by atoms with Crippen LogP contribution < -0.4 is 4.90 Å². The van der Waals surface area contributed by atoms with Crippen LogP contribution in [0.5, 0.6) is 0 Å². The summed E-state index contributed by atoms with van der Waals surface area (Å²) < 4.78 is 20.9. The van der Waals surface area contributed by atoms with E-state index in [0.29, 0.717) is 23.0 Å². The molecule has 0 fully saturated rings. The second-order valence-electron chi connectivity index (χ2n) is 8.21. The minimum absolute atomic E-state index is 0.0194. The summed E-state index contributed by atoms with van der Waals surface area (Å²) in [7, 11) is 0. The predicted octanol–water partition coefficient (Wildman–Crippen LogP) is 6.18. The summed E-state index contributed by atoms with van der Waals surface area (Å²) in [6.45, 7) is 5.12. The van der Waals surface area contributed by atoms with Crippen LogP contribution in [0.3, 0.4) is 0 Å². The molecule has 5 rings (SSSR count). The maximum atomic E-state index is 14.9. The Morgan fingerprint density at radius 1 is 1.03 bits per heavy atom. The molecule has 0 aliphatic carbocycles. The van der Waals surface area contributed by atoms with E-state index in [9.17, 15) is 4.39 Å². The average molecular weight is 457 g/mol. The third-order valence-corrected chi connectivity index (χ3v) is 6.03. The van der Waals surface area contributed by atoms with Crippen LogP contribution in [0.25, 0.3) is 33.6 Å². The van der Waals surface area contributed by atoms with Crippen molar-refractivity contribution < 1.29 is 8.81 Å². The highest BCUT2D eigenvalue weighted by Crippen LogP contribution is 2.34. The molecule has 34 heavy (non-hydrogen) atoms. The van der Waals surface area contributed by atoms with Crippen molar-refractivity contribution in [3.8, 4) is 22.5 Å². The molecule has 1 N–H and O–H groups in total. The normalized spacial score (nSPS) is 12.2. The Morgan fingerprint density at radius 2 is 1.85 bits per heavy atom. The van der Waals surface area contributed by atoms with E-state index in [1.54, 1.807) is 12.1 Å². The number of aromatic nitrogens is 5. The number of para-hydroxylation sites is 2. The van der Waals surface area contributed by atoms with Crippen LogP contribution in [0.4, 0.5) is 10.4 Å². The third kappa shape index (κ3) is 4.14. The first-order valence-electron chi connectivity index (χ1n) is 11.4. The SMILES string of the molecule is CCCCN(c1nc2ccccc2o1)[C@H](C)c1ccc(-c2c(F)cccc2-c2nn[nH]n2)cc1. The first-order valence-corrected chi connectivity index (χ1v) is 11.4. The van der Waals surface area contributed by atoms with Crippen LogP contribution in [0, 0.1) is 5.82 Å². The van der Waals surface area contributed by atoms with Gasteiger partial charge in [0.25, 0.3) is 6.01 Å². The second kappa shape index (κ2) is 9.43. The number of halogens is 1. The maximum Gasteiger partial charge on any atom is 0.298 e. The molecule has 0 aliphatic rings. The molecule has 7 nitrogen and oxygen atoms in total. The first-order chi connectivity index (χ1) is 16.7. The van der Waals surface area contributed by atoms with Gasteiger partial charge in [-0.15, -0.1) is 10.2 Å². The summed E-state index contributed by atoms with van der Waals surface area (Å²) >= 11 is 0. The van der Waals surface area contributed by atoms with Gasteiger partial charge in [-0.2, -0.15) is 10.2 Å². The van der Waals surface area contributed by atoms with E-state index >= 15 is 0 Å². The van der Waals surface area contributed by atoms with E-state index in [2.05, 4.69) is 39.4 Å². The lowest BCUT2D eigenvalue weighted by atomic mass is 9.96. The van der Waals surface area contributed by atoms with Crippen molar-refractivity contribution in [2.45, 2.75) is 32.7 Å². The van der Waals surface area contributed by atoms with Gasteiger partial charge in [-0.3, -0.25) is 0 Å². The lowest BCUT2D eigenvalue weighted by Crippen LogP contribution is -2.28. The van der Waals surface area contributed by atoms with Crippen LogP contribution in [-0.2, 0) is 0 Å². The van der Waals surface area contributed by atoms with Gasteiger partial charge >= 0.3 is 0 Å². The highest BCUT2D eigenvalue weighted by molar-refractivity contribution is 5.81. The monoisotopic (exact) mass is 456 g/mol. The fourth-order valence-electron chi connectivity index (χ4n) is 4.15. The van der Waals surface area contributed by atoms with Crippen molar-refractivity contribution >= 4 is 17.1 Å². The highest BCUT2D eigenvalue weighted by Gasteiger charge is 2.22. The summed E-state index contributed by atoms with van der Waals surface area (Å²) in [5, 5.41) is 14.1. The zero-order valence-corrected chi connectivity index (χ0v) is 19.1. The van der Waals surface area contributed by atoms with Crippen LogP contribution >= 0.6 is 0 Å². The standard InChI is InChI=1S/C26H25FN6O/c1-3-4-16-33(26-28-22-10-5-6-11-23(22)34-26)17(2)18-12-14-19(15-13-18)24-20(8-7-9-21(24)27)25-29-31-32-30-25/h5-15,17H,3-4,16H2,1-2H3,(H,29,30,31,32)/t17-/m1/s1. The number of aromatic amines is 1. The minimum atomic E-state index is -0.334. The van der Waals surface area contributed by atoms with Gasteiger partial charge in [-0.1, -0.05) is 61.9 Å². The Hall–Kier alpha value is -4.07. The summed E-state index contributed by atoms with van der Waals surface area (Å²) in [6.07, 6.45) is 2.08. The van der Waals surface area contributed by atoms with Crippen LogP contribution in [-0.4, -0.2) is 32.2 Å². The molecule has 2 heterocycles. The van der Waals surface area contributed by atoms with Crippen molar-refractivity contribution in [3.05, 3.63) is 78.1 Å². The van der Waals surface area contributed by atoms with E-state index < -0.39 is 0 Å². The van der Waals surface area contributed by atoms with Gasteiger partial charge in [-0.25, -0.2) is 4.39 Å². The second-order valence-corrected chi connectivity index (χ2v) is 8.21. The van der Waals surface area contributed by atoms with Crippen LogP contribution in [0.1, 0.15) is 38.3 Å². The molecule has 0 unspecified atom stereocenters. The molecule has 0 radical (unpaired) electrons. The van der Waals surface area contributed by atoms with Crippen LogP contribution in [0.15, 0.2) is 71.1 Å². The van der Waals surface area contributed by atoms with Gasteiger partial charge in [0.2, 0.25) is 5.82 Å². The number of tetrazole rings is 1. The molecule has 0 spiro atoms. The maximum absolute atomic E-state index is 14.9. The Labute approximate surface area is 196 Å². The van der Waals surface area contributed by atoms with E-state index in [-0.39, 0.29) is 11.9 Å². The van der Waals surface area contributed by atoms with Crippen molar-refractivity contribution in [3.63, 3.8) is 0 Å². The summed E-state index contributed by atoms with van der Waals surface area (Å²) in [6, 6.07) is 21.2. The van der Waals surface area contributed by atoms with Gasteiger partial charge in [0, 0.05) is 17.7 Å². The Morgan fingerprint density at radius 3 is 2.59 bits per heavy atom. The number of nitrogens with one attached hydrogen (secondary N) is 1. The Balaban J connectivity index is 1.47. The van der Waals surface area contributed by atoms with Gasteiger partial charge in [0.1, 0.15) is 11.3 Å². The zero-order chi connectivity index (χ0) is 23.5. The Kier molecular flexibility index (Phi) is 6.03. The third-order valence-electron chi connectivity index (χ3n) is 6.03. The van der Waals surface area contributed by atoms with Crippen molar-refractivity contribution in [1.29, 1.82) is 0 Å². The molecule has 3 aromatic carbocycles. The molecule has 5 aromatic rings. The van der Waals surface area contributed by atoms with Crippen LogP contribution in [0.2, 0.25) is 0 Å². The number of fused-ring (bicyclic) bond motifs is 1. The lowest BCUT2D eigenvalue weighted by Gasteiger charge is -2.28. The molecule has 0 amide bonds. The molecule has 172 valence electrons. The summed E-state index contributed by atoms with van der Waals surface area (Å²) in [5.41, 5.74) is 4.48. The first kappa shape index (κ1) is 21.8. The van der Waals surface area contributed by atoms with Gasteiger partial charge < -0.3 is 9.32 Å². The minimum Gasteiger partial charge on any atom is -0.423 e. The average Bonchev–Trinajstić information content (AvgIpc) is 3.54. The lowest BCUT2D eigenvalue weighted by molar-refractivity contribution is 0.524. The van der Waals surface area contributed by atoms with Gasteiger partial charge in [0.05, 0.1) is 6.04 Å². The molecule has 0 bridgehead atoms.